The van der Waals surface area contributed by atoms with E-state index in [9.17, 15) is 13.2 Å². The van der Waals surface area contributed by atoms with E-state index in [0.29, 0.717) is 21.8 Å². The van der Waals surface area contributed by atoms with E-state index in [0.717, 1.165) is 0 Å². The van der Waals surface area contributed by atoms with Crippen molar-refractivity contribution < 1.29 is 13.2 Å². The topological polar surface area (TPSA) is 75.3 Å². The van der Waals surface area contributed by atoms with Gasteiger partial charge in [0.1, 0.15) is 0 Å². The number of urea groups is 1. The zero-order valence-corrected chi connectivity index (χ0v) is 19.9. The van der Waals surface area contributed by atoms with Gasteiger partial charge in [-0.15, -0.1) is 0 Å². The molecule has 2 amide bonds. The molecule has 3 rings (SSSR count). The van der Waals surface area contributed by atoms with Gasteiger partial charge in [0.15, 0.2) is 9.84 Å². The highest BCUT2D eigenvalue weighted by atomic mass is 35.5. The molecular formula is C21H16Cl4N2O3S. The molecule has 0 heterocycles. The van der Waals surface area contributed by atoms with E-state index in [1.54, 1.807) is 43.3 Å². The Labute approximate surface area is 200 Å². The largest absolute Gasteiger partial charge is 0.323 e. The lowest BCUT2D eigenvalue weighted by atomic mass is 10.2. The molecule has 2 N–H and O–H groups in total. The number of hydrogen-bond acceptors (Lipinski definition) is 3. The van der Waals surface area contributed by atoms with Crippen LogP contribution in [0.4, 0.5) is 16.2 Å². The van der Waals surface area contributed by atoms with Crippen LogP contribution in [0.25, 0.3) is 0 Å². The number of carbonyl (C=O) groups excluding carboxylic acids is 1. The van der Waals surface area contributed by atoms with E-state index in [-0.39, 0.29) is 31.4 Å². The van der Waals surface area contributed by atoms with Crippen molar-refractivity contribution >= 4 is 73.6 Å². The minimum atomic E-state index is -3.66. The normalized spacial score (nSPS) is 11.3. The second-order valence-corrected chi connectivity index (χ2v) is 10.3. The summed E-state index contributed by atoms with van der Waals surface area (Å²) in [5, 5.41) is 6.37. The van der Waals surface area contributed by atoms with Crippen LogP contribution < -0.4 is 10.6 Å². The van der Waals surface area contributed by atoms with Crippen LogP contribution in [0.1, 0.15) is 11.1 Å². The first-order chi connectivity index (χ1) is 14.5. The van der Waals surface area contributed by atoms with Gasteiger partial charge in [-0.2, -0.15) is 0 Å². The third kappa shape index (κ3) is 6.05. The summed E-state index contributed by atoms with van der Waals surface area (Å²) in [5.41, 5.74) is 1.73. The van der Waals surface area contributed by atoms with Crippen molar-refractivity contribution in [2.24, 2.45) is 0 Å². The maximum atomic E-state index is 12.9. The fraction of sp³-hybridized carbons (Fsp3) is 0.0952. The molecule has 0 atom stereocenters. The Bertz CT molecular complexity index is 1250. The molecule has 0 radical (unpaired) electrons. The summed E-state index contributed by atoms with van der Waals surface area (Å²) in [6.07, 6.45) is 0. The number of rotatable bonds is 5. The van der Waals surface area contributed by atoms with E-state index in [1.165, 1.54) is 18.2 Å². The summed E-state index contributed by atoms with van der Waals surface area (Å²) in [6, 6.07) is 13.4. The SMILES string of the molecule is Cc1ccc(NC(=O)Nc2cc(Cl)c(Cl)cc2Cl)cc1S(=O)(=O)Cc1ccc(Cl)cc1. The maximum Gasteiger partial charge on any atom is 0.323 e. The average molecular weight is 518 g/mol. The molecule has 3 aromatic rings. The summed E-state index contributed by atoms with van der Waals surface area (Å²) in [6.45, 7) is 1.69. The highest BCUT2D eigenvalue weighted by Crippen LogP contribution is 2.32. The standard InChI is InChI=1S/C21H16Cl4N2O3S/c1-12-2-7-15(26-21(28)27-19-10-17(24)16(23)9-18(19)25)8-20(12)31(29,30)11-13-3-5-14(22)6-4-13/h2-10H,11H2,1H3,(H2,26,27,28). The summed E-state index contributed by atoms with van der Waals surface area (Å²) >= 11 is 23.8. The van der Waals surface area contributed by atoms with E-state index in [1.807, 2.05) is 0 Å². The van der Waals surface area contributed by atoms with Crippen LogP contribution in [0.5, 0.6) is 0 Å². The summed E-state index contributed by atoms with van der Waals surface area (Å²) in [7, 11) is -3.66. The van der Waals surface area contributed by atoms with Gasteiger partial charge in [0, 0.05) is 10.7 Å². The highest BCUT2D eigenvalue weighted by Gasteiger charge is 2.19. The number of amides is 2. The zero-order valence-electron chi connectivity index (χ0n) is 16.0. The molecule has 0 aliphatic rings. The van der Waals surface area contributed by atoms with Gasteiger partial charge in [0.05, 0.1) is 31.4 Å². The molecule has 3 aromatic carbocycles. The Morgan fingerprint density at radius 3 is 2.16 bits per heavy atom. The first-order valence-electron chi connectivity index (χ1n) is 8.85. The Morgan fingerprint density at radius 1 is 0.839 bits per heavy atom. The van der Waals surface area contributed by atoms with Gasteiger partial charge in [-0.3, -0.25) is 0 Å². The lowest BCUT2D eigenvalue weighted by Crippen LogP contribution is -2.20. The van der Waals surface area contributed by atoms with E-state index >= 15 is 0 Å². The van der Waals surface area contributed by atoms with Crippen LogP contribution in [0.15, 0.2) is 59.5 Å². The van der Waals surface area contributed by atoms with Gasteiger partial charge in [-0.05, 0) is 54.4 Å². The Balaban J connectivity index is 1.79. The van der Waals surface area contributed by atoms with Gasteiger partial charge in [-0.25, -0.2) is 13.2 Å². The quantitative estimate of drug-likeness (QED) is 0.350. The Hall–Kier alpha value is -1.96. The number of carbonyl (C=O) groups is 1. The lowest BCUT2D eigenvalue weighted by Gasteiger charge is -2.13. The molecule has 0 saturated heterocycles. The first-order valence-corrected chi connectivity index (χ1v) is 12.0. The smallest absolute Gasteiger partial charge is 0.308 e. The minimum absolute atomic E-state index is 0.118. The number of aryl methyl sites for hydroxylation is 1. The van der Waals surface area contributed by atoms with E-state index in [2.05, 4.69) is 10.6 Å². The van der Waals surface area contributed by atoms with E-state index in [4.69, 9.17) is 46.4 Å². The van der Waals surface area contributed by atoms with Gasteiger partial charge >= 0.3 is 6.03 Å². The number of nitrogens with one attached hydrogen (secondary N) is 2. The number of benzene rings is 3. The lowest BCUT2D eigenvalue weighted by molar-refractivity contribution is 0.262. The second-order valence-electron chi connectivity index (χ2n) is 6.69. The summed E-state index contributed by atoms with van der Waals surface area (Å²) < 4.78 is 25.9. The molecule has 0 bridgehead atoms. The fourth-order valence-corrected chi connectivity index (χ4v) is 5.17. The fourth-order valence-electron chi connectivity index (χ4n) is 2.79. The summed E-state index contributed by atoms with van der Waals surface area (Å²) in [5.74, 6) is -0.195. The highest BCUT2D eigenvalue weighted by molar-refractivity contribution is 7.90. The molecule has 0 fully saturated rings. The van der Waals surface area contributed by atoms with Crippen molar-refractivity contribution in [2.45, 2.75) is 17.6 Å². The van der Waals surface area contributed by atoms with Gasteiger partial charge < -0.3 is 10.6 Å². The molecule has 0 aliphatic carbocycles. The number of hydrogen-bond donors (Lipinski definition) is 2. The molecule has 0 aromatic heterocycles. The molecule has 10 heteroatoms. The molecule has 5 nitrogen and oxygen atoms in total. The number of sulfone groups is 1. The number of halogens is 4. The molecule has 0 aliphatic heterocycles. The van der Waals surface area contributed by atoms with Crippen LogP contribution in [0.3, 0.4) is 0 Å². The van der Waals surface area contributed by atoms with Crippen molar-refractivity contribution in [1.82, 2.24) is 0 Å². The van der Waals surface area contributed by atoms with Gasteiger partial charge in [0.25, 0.3) is 0 Å². The van der Waals surface area contributed by atoms with Crippen LogP contribution in [0, 0.1) is 6.92 Å². The Morgan fingerprint density at radius 2 is 1.48 bits per heavy atom. The monoisotopic (exact) mass is 516 g/mol. The maximum absolute atomic E-state index is 12.9. The third-order valence-corrected chi connectivity index (χ3v) is 7.42. The van der Waals surface area contributed by atoms with Gasteiger partial charge in [-0.1, -0.05) is 64.6 Å². The first kappa shape index (κ1) is 23.7. The molecule has 0 saturated carbocycles. The van der Waals surface area contributed by atoms with Crippen molar-refractivity contribution in [3.05, 3.63) is 85.8 Å². The van der Waals surface area contributed by atoms with Crippen LogP contribution in [-0.2, 0) is 15.6 Å². The minimum Gasteiger partial charge on any atom is -0.308 e. The van der Waals surface area contributed by atoms with Gasteiger partial charge in [0.2, 0.25) is 0 Å². The summed E-state index contributed by atoms with van der Waals surface area (Å²) in [4.78, 5) is 12.5. The van der Waals surface area contributed by atoms with Crippen molar-refractivity contribution in [3.63, 3.8) is 0 Å². The van der Waals surface area contributed by atoms with E-state index < -0.39 is 15.9 Å². The van der Waals surface area contributed by atoms with Crippen molar-refractivity contribution in [1.29, 1.82) is 0 Å². The van der Waals surface area contributed by atoms with Crippen molar-refractivity contribution in [3.8, 4) is 0 Å². The van der Waals surface area contributed by atoms with Crippen LogP contribution >= 0.6 is 46.4 Å². The molecule has 0 spiro atoms. The predicted octanol–water partition coefficient (Wildman–Crippen LogP) is 7.23. The predicted molar refractivity (Wildman–Crippen MR) is 128 cm³/mol. The molecule has 0 unspecified atom stereocenters. The van der Waals surface area contributed by atoms with Crippen LogP contribution in [0.2, 0.25) is 20.1 Å². The molecule has 31 heavy (non-hydrogen) atoms. The average Bonchev–Trinajstić information content (AvgIpc) is 2.69. The molecular weight excluding hydrogens is 502 g/mol. The third-order valence-electron chi connectivity index (χ3n) is 4.31. The number of anilines is 2. The van der Waals surface area contributed by atoms with Crippen LogP contribution in [-0.4, -0.2) is 14.4 Å². The Kier molecular flexibility index (Phi) is 7.39. The van der Waals surface area contributed by atoms with Crippen molar-refractivity contribution in [2.75, 3.05) is 10.6 Å². The second kappa shape index (κ2) is 9.67. The molecule has 162 valence electrons. The zero-order chi connectivity index (χ0) is 22.8.